The molecule has 6 nitrogen and oxygen atoms in total. The molecule has 4 N–H and O–H groups in total. The first-order chi connectivity index (χ1) is 8.58. The summed E-state index contributed by atoms with van der Waals surface area (Å²) >= 11 is 0. The molecular formula is C13H24N2O4. The molecule has 19 heavy (non-hydrogen) atoms. The molecule has 0 atom stereocenters. The van der Waals surface area contributed by atoms with E-state index in [-0.39, 0.29) is 18.7 Å². The van der Waals surface area contributed by atoms with Crippen LogP contribution in [0.4, 0.5) is 0 Å². The smallest absolute Gasteiger partial charge is 0.310 e. The van der Waals surface area contributed by atoms with Gasteiger partial charge in [-0.25, -0.2) is 0 Å². The number of nitrogens with one attached hydrogen (secondary N) is 1. The number of aliphatic carboxylic acids is 1. The van der Waals surface area contributed by atoms with Crippen molar-refractivity contribution in [3.8, 4) is 0 Å². The second-order valence-electron chi connectivity index (χ2n) is 5.54. The Bertz CT molecular complexity index is 360. The largest absolute Gasteiger partial charge is 0.481 e. The van der Waals surface area contributed by atoms with E-state index in [2.05, 4.69) is 5.32 Å². The van der Waals surface area contributed by atoms with E-state index in [9.17, 15) is 19.5 Å². The highest BCUT2D eigenvalue weighted by atomic mass is 16.4. The fraction of sp³-hybridized carbons (Fsp3) is 0.769. The molecule has 6 heteroatoms. The lowest BCUT2D eigenvalue weighted by atomic mass is 9.79. The molecule has 0 fully saturated rings. The number of amides is 2. The highest BCUT2D eigenvalue weighted by molar-refractivity contribution is 5.86. The van der Waals surface area contributed by atoms with Crippen LogP contribution in [0, 0.1) is 5.41 Å². The van der Waals surface area contributed by atoms with Gasteiger partial charge in [0, 0.05) is 18.4 Å². The van der Waals surface area contributed by atoms with Gasteiger partial charge in [0.1, 0.15) is 0 Å². The van der Waals surface area contributed by atoms with Crippen molar-refractivity contribution in [2.75, 3.05) is 0 Å². The van der Waals surface area contributed by atoms with Gasteiger partial charge < -0.3 is 16.2 Å². The van der Waals surface area contributed by atoms with Gasteiger partial charge >= 0.3 is 5.97 Å². The first-order valence-electron chi connectivity index (χ1n) is 6.41. The third-order valence-corrected chi connectivity index (χ3v) is 3.40. The van der Waals surface area contributed by atoms with E-state index in [1.54, 1.807) is 27.7 Å². The topological polar surface area (TPSA) is 109 Å². The maximum atomic E-state index is 12.0. The van der Waals surface area contributed by atoms with E-state index in [0.29, 0.717) is 12.8 Å². The maximum absolute atomic E-state index is 12.0. The summed E-state index contributed by atoms with van der Waals surface area (Å²) in [5.41, 5.74) is 3.28. The van der Waals surface area contributed by atoms with Crippen LogP contribution in [0.5, 0.6) is 0 Å². The Hall–Kier alpha value is -1.59. The second kappa shape index (κ2) is 6.54. The molecule has 0 spiro atoms. The Balaban J connectivity index is 4.77. The zero-order valence-electron chi connectivity index (χ0n) is 12.1. The van der Waals surface area contributed by atoms with Gasteiger partial charge in [0.2, 0.25) is 11.8 Å². The van der Waals surface area contributed by atoms with Gasteiger partial charge in [-0.1, -0.05) is 13.8 Å². The number of carboxylic acid groups (broad SMARTS) is 1. The van der Waals surface area contributed by atoms with Gasteiger partial charge in [0.15, 0.2) is 0 Å². The number of carbonyl (C=O) groups excluding carboxylic acids is 2. The van der Waals surface area contributed by atoms with Gasteiger partial charge in [0.25, 0.3) is 0 Å². The minimum atomic E-state index is -1.05. The molecule has 0 aromatic heterocycles. The van der Waals surface area contributed by atoms with Crippen molar-refractivity contribution in [2.24, 2.45) is 11.1 Å². The summed E-state index contributed by atoms with van der Waals surface area (Å²) in [5, 5.41) is 11.9. The molecule has 110 valence electrons. The number of hydrogen-bond acceptors (Lipinski definition) is 3. The van der Waals surface area contributed by atoms with Crippen LogP contribution in [0.15, 0.2) is 0 Å². The van der Waals surface area contributed by atoms with Crippen molar-refractivity contribution in [3.05, 3.63) is 0 Å². The standard InChI is InChI=1S/C13H24N2O4/c1-5-13(6-2,11(18)19)8-10(17)15-12(3,4)7-9(14)16/h5-8H2,1-4H3,(H2,14,16)(H,15,17)(H,18,19). The zero-order valence-corrected chi connectivity index (χ0v) is 12.1. The molecule has 0 aromatic rings. The first kappa shape index (κ1) is 17.4. The van der Waals surface area contributed by atoms with Crippen LogP contribution < -0.4 is 11.1 Å². The van der Waals surface area contributed by atoms with E-state index in [4.69, 9.17) is 5.73 Å². The summed E-state index contributed by atoms with van der Waals surface area (Å²) in [6, 6.07) is 0. The lowest BCUT2D eigenvalue weighted by Gasteiger charge is -2.30. The third kappa shape index (κ3) is 5.28. The summed E-state index contributed by atoms with van der Waals surface area (Å²) < 4.78 is 0. The quantitative estimate of drug-likeness (QED) is 0.613. The van der Waals surface area contributed by atoms with Crippen LogP contribution in [0.2, 0.25) is 0 Å². The maximum Gasteiger partial charge on any atom is 0.310 e. The van der Waals surface area contributed by atoms with Crippen molar-refractivity contribution < 1.29 is 19.5 Å². The summed E-state index contributed by atoms with van der Waals surface area (Å²) in [4.78, 5) is 34.1. The second-order valence-corrected chi connectivity index (χ2v) is 5.54. The molecule has 0 saturated heterocycles. The van der Waals surface area contributed by atoms with Gasteiger partial charge in [-0.15, -0.1) is 0 Å². The number of primary amides is 1. The van der Waals surface area contributed by atoms with Crippen molar-refractivity contribution >= 4 is 17.8 Å². The van der Waals surface area contributed by atoms with Gasteiger partial charge in [-0.2, -0.15) is 0 Å². The summed E-state index contributed by atoms with van der Waals surface area (Å²) in [6.45, 7) is 6.85. The van der Waals surface area contributed by atoms with Crippen molar-refractivity contribution in [1.29, 1.82) is 0 Å². The highest BCUT2D eigenvalue weighted by Crippen LogP contribution is 2.31. The van der Waals surface area contributed by atoms with Gasteiger partial charge in [-0.05, 0) is 26.7 Å². The molecule has 0 saturated carbocycles. The van der Waals surface area contributed by atoms with E-state index < -0.39 is 22.8 Å². The summed E-state index contributed by atoms with van der Waals surface area (Å²) in [5.74, 6) is -1.86. The van der Waals surface area contributed by atoms with E-state index in [1.807, 2.05) is 0 Å². The molecule has 0 rings (SSSR count). The Morgan fingerprint density at radius 1 is 1.11 bits per heavy atom. The first-order valence-corrected chi connectivity index (χ1v) is 6.41. The van der Waals surface area contributed by atoms with E-state index in [1.165, 1.54) is 0 Å². The van der Waals surface area contributed by atoms with Crippen LogP contribution >= 0.6 is 0 Å². The van der Waals surface area contributed by atoms with Crippen LogP contribution in [-0.2, 0) is 14.4 Å². The molecule has 0 aliphatic heterocycles. The van der Waals surface area contributed by atoms with Crippen molar-refractivity contribution in [2.45, 2.75) is 58.9 Å². The van der Waals surface area contributed by atoms with E-state index >= 15 is 0 Å². The Morgan fingerprint density at radius 3 is 1.89 bits per heavy atom. The molecule has 0 aliphatic carbocycles. The molecule has 0 aromatic carbocycles. The Labute approximate surface area is 113 Å². The summed E-state index contributed by atoms with van der Waals surface area (Å²) in [6.07, 6.45) is 0.666. The fourth-order valence-corrected chi connectivity index (χ4v) is 2.09. The Morgan fingerprint density at radius 2 is 1.58 bits per heavy atom. The SMILES string of the molecule is CCC(CC)(CC(=O)NC(C)(C)CC(N)=O)C(=O)O. The van der Waals surface area contributed by atoms with Crippen molar-refractivity contribution in [3.63, 3.8) is 0 Å². The predicted molar refractivity (Wildman–Crippen MR) is 71.3 cm³/mol. The van der Waals surface area contributed by atoms with Gasteiger partial charge in [-0.3, -0.25) is 14.4 Å². The average molecular weight is 272 g/mol. The minimum absolute atomic E-state index is 0.0110. The van der Waals surface area contributed by atoms with Crippen molar-refractivity contribution in [1.82, 2.24) is 5.32 Å². The number of rotatable bonds is 8. The number of hydrogen-bond donors (Lipinski definition) is 3. The lowest BCUT2D eigenvalue weighted by molar-refractivity contribution is -0.152. The highest BCUT2D eigenvalue weighted by Gasteiger charge is 2.38. The van der Waals surface area contributed by atoms with Gasteiger partial charge in [0.05, 0.1) is 5.41 Å². The van der Waals surface area contributed by atoms with Crippen LogP contribution in [0.3, 0.4) is 0 Å². The molecule has 0 radical (unpaired) electrons. The van der Waals surface area contributed by atoms with E-state index in [0.717, 1.165) is 0 Å². The lowest BCUT2D eigenvalue weighted by Crippen LogP contribution is -2.48. The molecule has 0 unspecified atom stereocenters. The number of carbonyl (C=O) groups is 3. The van der Waals surface area contributed by atoms with Crippen LogP contribution in [-0.4, -0.2) is 28.4 Å². The molecule has 0 aliphatic rings. The van der Waals surface area contributed by atoms with Crippen LogP contribution in [0.25, 0.3) is 0 Å². The third-order valence-electron chi connectivity index (χ3n) is 3.40. The predicted octanol–water partition coefficient (Wildman–Crippen LogP) is 1.04. The molecule has 2 amide bonds. The van der Waals surface area contributed by atoms with Crippen LogP contribution in [0.1, 0.15) is 53.4 Å². The number of nitrogens with two attached hydrogens (primary N) is 1. The monoisotopic (exact) mass is 272 g/mol. The Kier molecular flexibility index (Phi) is 5.99. The fourth-order valence-electron chi connectivity index (χ4n) is 2.09. The normalized spacial score (nSPS) is 12.0. The molecule has 0 bridgehead atoms. The summed E-state index contributed by atoms with van der Waals surface area (Å²) in [7, 11) is 0. The average Bonchev–Trinajstić information content (AvgIpc) is 2.22. The zero-order chi connectivity index (χ0) is 15.3. The molecule has 0 heterocycles. The molecular weight excluding hydrogens is 248 g/mol. The minimum Gasteiger partial charge on any atom is -0.481 e. The number of carboxylic acids is 1.